The van der Waals surface area contributed by atoms with Crippen LogP contribution in [-0.4, -0.2) is 79.6 Å². The van der Waals surface area contributed by atoms with Crippen LogP contribution in [0.15, 0.2) is 60.7 Å². The molecule has 2 amide bonds. The van der Waals surface area contributed by atoms with Gasteiger partial charge in [-0.15, -0.1) is 0 Å². The fraction of sp³-hybridized carbons (Fsp3) is 0.467. The maximum atomic E-state index is 13.0. The van der Waals surface area contributed by atoms with Crippen molar-refractivity contribution in [2.45, 2.75) is 38.1 Å². The van der Waals surface area contributed by atoms with E-state index in [-0.39, 0.29) is 17.9 Å². The minimum absolute atomic E-state index is 0.0137. The largest absolute Gasteiger partial charge is 0.497 e. The monoisotopic (exact) mass is 504 g/mol. The molecule has 2 heterocycles. The average Bonchev–Trinajstić information content (AvgIpc) is 2.94. The molecule has 4 rings (SSSR count). The molecular weight excluding hydrogens is 464 g/mol. The summed E-state index contributed by atoms with van der Waals surface area (Å²) in [4.78, 5) is 32.8. The number of methoxy groups -OCH3 is 1. The summed E-state index contributed by atoms with van der Waals surface area (Å²) in [5.41, 5.74) is 2.16. The molecule has 7 heteroatoms. The van der Waals surface area contributed by atoms with Crippen molar-refractivity contribution in [1.82, 2.24) is 20.0 Å². The van der Waals surface area contributed by atoms with Gasteiger partial charge >= 0.3 is 0 Å². The van der Waals surface area contributed by atoms with Crippen LogP contribution >= 0.6 is 0 Å². The van der Waals surface area contributed by atoms with Crippen LogP contribution in [-0.2, 0) is 9.59 Å². The van der Waals surface area contributed by atoms with Gasteiger partial charge in [-0.2, -0.15) is 0 Å². The molecule has 198 valence electrons. The molecule has 2 aromatic carbocycles. The molecule has 2 fully saturated rings. The molecule has 1 N–H and O–H groups in total. The lowest BCUT2D eigenvalue weighted by atomic mass is 10.0. The second kappa shape index (κ2) is 14.0. The lowest BCUT2D eigenvalue weighted by Gasteiger charge is -2.40. The highest BCUT2D eigenvalue weighted by Gasteiger charge is 2.27. The molecule has 2 aromatic rings. The quantitative estimate of drug-likeness (QED) is 0.639. The molecule has 7 nitrogen and oxygen atoms in total. The van der Waals surface area contributed by atoms with Crippen LogP contribution in [0.2, 0.25) is 0 Å². The predicted octanol–water partition coefficient (Wildman–Crippen LogP) is 3.93. The van der Waals surface area contributed by atoms with E-state index < -0.39 is 0 Å². The Morgan fingerprint density at radius 1 is 0.919 bits per heavy atom. The van der Waals surface area contributed by atoms with Crippen LogP contribution in [0.3, 0.4) is 0 Å². The van der Waals surface area contributed by atoms with Gasteiger partial charge in [0.15, 0.2) is 0 Å². The Labute approximate surface area is 221 Å². The minimum Gasteiger partial charge on any atom is -0.497 e. The van der Waals surface area contributed by atoms with Crippen molar-refractivity contribution in [3.63, 3.8) is 0 Å². The number of carbonyl (C=O) groups is 2. The summed E-state index contributed by atoms with van der Waals surface area (Å²) in [7, 11) is 1.64. The summed E-state index contributed by atoms with van der Waals surface area (Å²) in [5, 5.41) is 3.11. The van der Waals surface area contributed by atoms with Crippen molar-refractivity contribution in [3.8, 4) is 5.75 Å². The molecule has 37 heavy (non-hydrogen) atoms. The zero-order valence-corrected chi connectivity index (χ0v) is 22.0. The Morgan fingerprint density at radius 2 is 1.65 bits per heavy atom. The first kappa shape index (κ1) is 26.9. The summed E-state index contributed by atoms with van der Waals surface area (Å²) in [6.45, 7) is 5.89. The van der Waals surface area contributed by atoms with Gasteiger partial charge in [0.1, 0.15) is 5.75 Å². The van der Waals surface area contributed by atoms with E-state index in [4.69, 9.17) is 4.74 Å². The zero-order chi connectivity index (χ0) is 25.9. The number of hydrogen-bond acceptors (Lipinski definition) is 5. The standard InChI is InChI=1S/C30H40N4O3/c1-37-27-14-11-25(12-15-27)13-16-30(36)33-20-6-5-18-32-19-8-22-34(24-32)28(26-9-3-2-4-10-26)23-29(35)31-17-7-21-33/h2-4,9-16,28H,5-8,17-24H2,1H3,(H,31,35)/b16-13-/t28-/m0/s1. The van der Waals surface area contributed by atoms with Gasteiger partial charge in [-0.3, -0.25) is 19.4 Å². The third-order valence-electron chi connectivity index (χ3n) is 7.23. The van der Waals surface area contributed by atoms with Gasteiger partial charge in [-0.05, 0) is 61.6 Å². The highest BCUT2D eigenvalue weighted by molar-refractivity contribution is 5.91. The summed E-state index contributed by atoms with van der Waals surface area (Å²) in [6, 6.07) is 18.1. The number of carbonyl (C=O) groups excluding carboxylic acids is 2. The van der Waals surface area contributed by atoms with Crippen molar-refractivity contribution in [2.24, 2.45) is 0 Å². The van der Waals surface area contributed by atoms with Gasteiger partial charge in [0, 0.05) is 51.3 Å². The Hall–Kier alpha value is -3.16. The number of fused-ring (bicyclic) bond motifs is 2. The second-order valence-corrected chi connectivity index (χ2v) is 9.90. The van der Waals surface area contributed by atoms with Crippen LogP contribution in [0.1, 0.15) is 49.3 Å². The lowest BCUT2D eigenvalue weighted by molar-refractivity contribution is -0.126. The maximum absolute atomic E-state index is 13.0. The normalized spacial score (nSPS) is 24.1. The molecule has 3 atom stereocenters. The summed E-state index contributed by atoms with van der Waals surface area (Å²) >= 11 is 0. The Balaban J connectivity index is 1.40. The smallest absolute Gasteiger partial charge is 0.246 e. The average molecular weight is 505 g/mol. The first-order valence-corrected chi connectivity index (χ1v) is 13.5. The molecular formula is C30H40N4O3. The Bertz CT molecular complexity index is 1020. The van der Waals surface area contributed by atoms with Crippen molar-refractivity contribution >= 4 is 17.9 Å². The van der Waals surface area contributed by atoms with Crippen LogP contribution in [0.4, 0.5) is 0 Å². The van der Waals surface area contributed by atoms with E-state index in [1.807, 2.05) is 41.3 Å². The third-order valence-corrected chi connectivity index (χ3v) is 7.23. The van der Waals surface area contributed by atoms with Crippen molar-refractivity contribution in [3.05, 3.63) is 71.8 Å². The number of ether oxygens (including phenoxy) is 1. The van der Waals surface area contributed by atoms with E-state index in [1.165, 1.54) is 5.56 Å². The SMILES string of the molecule is COc1ccc(/C=C\C(=O)N2CCCCN3CCCN(C3)[C@H](c3ccccc3)CC(=O)NCCC2)cc1. The molecule has 2 aliphatic rings. The molecule has 0 aromatic heterocycles. The zero-order valence-electron chi connectivity index (χ0n) is 22.0. The number of benzene rings is 2. The van der Waals surface area contributed by atoms with E-state index >= 15 is 0 Å². The molecule has 0 saturated carbocycles. The molecule has 2 aliphatic heterocycles. The maximum Gasteiger partial charge on any atom is 0.246 e. The Kier molecular flexibility index (Phi) is 10.1. The minimum atomic E-state index is 0.0137. The molecule has 0 spiro atoms. The van der Waals surface area contributed by atoms with Crippen molar-refractivity contribution in [2.75, 3.05) is 53.0 Å². The van der Waals surface area contributed by atoms with E-state index in [2.05, 4.69) is 39.4 Å². The van der Waals surface area contributed by atoms with E-state index in [0.717, 1.165) is 69.8 Å². The topological polar surface area (TPSA) is 65.1 Å². The van der Waals surface area contributed by atoms with Crippen molar-refractivity contribution in [1.29, 1.82) is 0 Å². The van der Waals surface area contributed by atoms with Gasteiger partial charge in [0.05, 0.1) is 13.8 Å². The van der Waals surface area contributed by atoms with Crippen LogP contribution in [0, 0.1) is 0 Å². The fourth-order valence-corrected chi connectivity index (χ4v) is 5.17. The lowest BCUT2D eigenvalue weighted by Crippen LogP contribution is -2.47. The van der Waals surface area contributed by atoms with Gasteiger partial charge in [0.25, 0.3) is 0 Å². The second-order valence-electron chi connectivity index (χ2n) is 9.90. The fourth-order valence-electron chi connectivity index (χ4n) is 5.17. The number of nitrogens with one attached hydrogen (secondary N) is 1. The number of hydrogen-bond donors (Lipinski definition) is 1. The molecule has 0 radical (unpaired) electrons. The molecule has 2 saturated heterocycles. The van der Waals surface area contributed by atoms with Crippen LogP contribution < -0.4 is 10.1 Å². The highest BCUT2D eigenvalue weighted by Crippen LogP contribution is 2.27. The third kappa shape index (κ3) is 8.17. The van der Waals surface area contributed by atoms with Gasteiger partial charge in [-0.25, -0.2) is 0 Å². The highest BCUT2D eigenvalue weighted by atomic mass is 16.5. The number of amides is 2. The summed E-state index contributed by atoms with van der Waals surface area (Å²) < 4.78 is 5.21. The first-order valence-electron chi connectivity index (χ1n) is 13.5. The van der Waals surface area contributed by atoms with Crippen LogP contribution in [0.5, 0.6) is 5.75 Å². The van der Waals surface area contributed by atoms with Crippen molar-refractivity contribution < 1.29 is 14.3 Å². The van der Waals surface area contributed by atoms with E-state index in [1.54, 1.807) is 13.2 Å². The predicted molar refractivity (Wildman–Crippen MR) is 147 cm³/mol. The Morgan fingerprint density at radius 3 is 2.43 bits per heavy atom. The molecule has 0 aliphatic carbocycles. The molecule has 2 bridgehead atoms. The van der Waals surface area contributed by atoms with Gasteiger partial charge in [-0.1, -0.05) is 42.5 Å². The van der Waals surface area contributed by atoms with Gasteiger partial charge in [0.2, 0.25) is 11.8 Å². The number of rotatable bonds is 4. The van der Waals surface area contributed by atoms with E-state index in [0.29, 0.717) is 19.5 Å². The molecule has 2 unspecified atom stereocenters. The van der Waals surface area contributed by atoms with Crippen LogP contribution in [0.25, 0.3) is 6.08 Å². The first-order chi connectivity index (χ1) is 18.1. The van der Waals surface area contributed by atoms with E-state index in [9.17, 15) is 9.59 Å². The number of nitrogens with zero attached hydrogens (tertiary/aromatic N) is 3. The van der Waals surface area contributed by atoms with Gasteiger partial charge < -0.3 is 15.0 Å². The summed E-state index contributed by atoms with van der Waals surface area (Å²) in [6.07, 6.45) is 7.81. The summed E-state index contributed by atoms with van der Waals surface area (Å²) in [5.74, 6) is 0.876.